The first-order valence-electron chi connectivity index (χ1n) is 27.8. The molecule has 398 valence electrons. The Hall–Kier alpha value is -1.90. The van der Waals surface area contributed by atoms with Crippen LogP contribution in [0.1, 0.15) is 239 Å². The van der Waals surface area contributed by atoms with Crippen molar-refractivity contribution >= 4 is 43.5 Å². The minimum Gasteiger partial charge on any atom is -0.462 e. The molecule has 2 rings (SSSR count). The Morgan fingerprint density at radius 2 is 1.10 bits per heavy atom. The van der Waals surface area contributed by atoms with Crippen LogP contribution in [0.3, 0.4) is 0 Å². The zero-order valence-electron chi connectivity index (χ0n) is 43.0. The van der Waals surface area contributed by atoms with Crippen LogP contribution in [-0.2, 0) is 37.5 Å². The normalized spacial score (nSPS) is 17.9. The molecule has 0 aromatic rings. The highest BCUT2D eigenvalue weighted by Crippen LogP contribution is 2.43. The fraction of sp³-hybridized carbons (Fsp3) is 0.923. The summed E-state index contributed by atoms with van der Waals surface area (Å²) >= 11 is 1.95. The number of ether oxygens (including phenoxy) is 2. The number of fused-ring (bicyclic) bond motifs is 1. The van der Waals surface area contributed by atoms with E-state index in [-0.39, 0.29) is 56.6 Å². The lowest BCUT2D eigenvalue weighted by atomic mass is 10.0. The molecular weight excluding hydrogens is 904 g/mol. The number of unbranched alkanes of at least 4 members (excludes halogenated alkanes) is 27. The van der Waals surface area contributed by atoms with Crippen molar-refractivity contribution in [3.05, 3.63) is 0 Å². The number of esters is 2. The van der Waals surface area contributed by atoms with Gasteiger partial charge in [0, 0.05) is 36.8 Å². The van der Waals surface area contributed by atoms with Crippen LogP contribution >= 0.6 is 19.6 Å². The highest BCUT2D eigenvalue weighted by Gasteiger charge is 2.42. The molecule has 0 saturated carbocycles. The predicted molar refractivity (Wildman–Crippen MR) is 277 cm³/mol. The summed E-state index contributed by atoms with van der Waals surface area (Å²) in [4.78, 5) is 59.7. The van der Waals surface area contributed by atoms with Crippen molar-refractivity contribution in [1.82, 2.24) is 21.3 Å². The Balaban J connectivity index is 1.58. The highest BCUT2D eigenvalue weighted by molar-refractivity contribution is 8.00. The third-order valence-electron chi connectivity index (χ3n) is 13.1. The molecule has 0 spiro atoms. The molecular formula is C52H99N4O10PS. The van der Waals surface area contributed by atoms with Gasteiger partial charge in [-0.25, -0.2) is 9.36 Å². The topological polar surface area (TPSA) is 191 Å². The molecule has 2 fully saturated rings. The molecule has 2 aliphatic rings. The number of carbonyl (C=O) groups is 4. The second-order valence-corrected chi connectivity index (χ2v) is 22.1. The van der Waals surface area contributed by atoms with Gasteiger partial charge >= 0.3 is 25.8 Å². The first kappa shape index (κ1) is 62.2. The summed E-state index contributed by atoms with van der Waals surface area (Å²) in [5, 5.41) is 12.7. The highest BCUT2D eigenvalue weighted by atomic mass is 32.2. The van der Waals surface area contributed by atoms with Crippen LogP contribution in [0.2, 0.25) is 0 Å². The van der Waals surface area contributed by atoms with Gasteiger partial charge in [0.2, 0.25) is 5.91 Å². The number of thioether (sulfide) groups is 1. The summed E-state index contributed by atoms with van der Waals surface area (Å²) in [6, 6.07) is 0.491. The zero-order valence-corrected chi connectivity index (χ0v) is 44.7. The third kappa shape index (κ3) is 35.2. The minimum absolute atomic E-state index is 0.0340. The van der Waals surface area contributed by atoms with E-state index < -0.39 is 32.5 Å². The van der Waals surface area contributed by atoms with Gasteiger partial charge in [0.25, 0.3) is 0 Å². The van der Waals surface area contributed by atoms with Crippen molar-refractivity contribution in [2.45, 2.75) is 262 Å². The van der Waals surface area contributed by atoms with E-state index in [9.17, 15) is 28.6 Å². The molecule has 5 N–H and O–H groups in total. The predicted octanol–water partition coefficient (Wildman–Crippen LogP) is 12.1. The van der Waals surface area contributed by atoms with E-state index >= 15 is 0 Å². The summed E-state index contributed by atoms with van der Waals surface area (Å²) in [5.41, 5.74) is 0. The van der Waals surface area contributed by atoms with Crippen molar-refractivity contribution in [2.75, 3.05) is 45.2 Å². The summed E-state index contributed by atoms with van der Waals surface area (Å²) in [5.74, 6) is -0.0431. The second-order valence-electron chi connectivity index (χ2n) is 19.4. The third-order valence-corrected chi connectivity index (χ3v) is 15.6. The maximum atomic E-state index is 12.8. The van der Waals surface area contributed by atoms with Crippen LogP contribution in [0.15, 0.2) is 0 Å². The minimum atomic E-state index is -4.56. The number of hydrogen-bond acceptors (Lipinski definition) is 11. The molecule has 2 heterocycles. The molecule has 3 unspecified atom stereocenters. The van der Waals surface area contributed by atoms with E-state index in [1.807, 2.05) is 11.8 Å². The Bertz CT molecular complexity index is 1330. The largest absolute Gasteiger partial charge is 0.472 e. The van der Waals surface area contributed by atoms with Crippen molar-refractivity contribution in [3.8, 4) is 0 Å². The van der Waals surface area contributed by atoms with Gasteiger partial charge in [0.15, 0.2) is 6.10 Å². The fourth-order valence-electron chi connectivity index (χ4n) is 8.92. The summed E-state index contributed by atoms with van der Waals surface area (Å²) < 4.78 is 34.1. The van der Waals surface area contributed by atoms with Crippen LogP contribution in [0.4, 0.5) is 4.79 Å². The molecule has 0 aromatic heterocycles. The molecule has 2 saturated heterocycles. The molecule has 0 aromatic carbocycles. The quantitative estimate of drug-likeness (QED) is 0.0168. The molecule has 14 nitrogen and oxygen atoms in total. The van der Waals surface area contributed by atoms with Gasteiger partial charge in [0.1, 0.15) is 6.61 Å². The summed E-state index contributed by atoms with van der Waals surface area (Å²) in [7, 11) is -4.56. The Labute approximate surface area is 417 Å². The Morgan fingerprint density at radius 3 is 1.66 bits per heavy atom. The zero-order chi connectivity index (χ0) is 49.2. The molecule has 68 heavy (non-hydrogen) atoms. The molecule has 2 aliphatic heterocycles. The van der Waals surface area contributed by atoms with Crippen LogP contribution in [0, 0.1) is 0 Å². The van der Waals surface area contributed by atoms with Gasteiger partial charge in [-0.15, -0.1) is 0 Å². The standard InChI is InChI=1S/C52H99N4O10PS/c1-3-5-7-9-11-13-15-17-19-21-23-25-29-36-49(58)63-42-45(66-50(59)37-30-26-24-22-20-18-16-14-12-10-8-6-4-2)43-65-67(61,62)64-41-40-54-48(57)35-28-27-32-38-53-39-33-31-34-47-51-46(44-68-47)55-52(60)56-51/h45-47,51,53H,3-44H2,1-2H3,(H,54,57)(H,61,62)(H2,55,56,60)/t45?,46-,47?,51-/m0/s1. The van der Waals surface area contributed by atoms with Crippen molar-refractivity contribution in [1.29, 1.82) is 0 Å². The average molecular weight is 1000 g/mol. The van der Waals surface area contributed by atoms with E-state index in [0.29, 0.717) is 18.1 Å². The van der Waals surface area contributed by atoms with E-state index in [1.165, 1.54) is 122 Å². The second kappa shape index (κ2) is 42.8. The van der Waals surface area contributed by atoms with Crippen LogP contribution in [-0.4, -0.2) is 97.4 Å². The van der Waals surface area contributed by atoms with Gasteiger partial charge in [-0.3, -0.25) is 23.4 Å². The van der Waals surface area contributed by atoms with E-state index in [0.717, 1.165) is 95.9 Å². The lowest BCUT2D eigenvalue weighted by Gasteiger charge is -2.20. The van der Waals surface area contributed by atoms with Crippen molar-refractivity contribution in [3.63, 3.8) is 0 Å². The maximum Gasteiger partial charge on any atom is 0.472 e. The fourth-order valence-corrected chi connectivity index (χ4v) is 11.2. The summed E-state index contributed by atoms with van der Waals surface area (Å²) in [6.45, 7) is 5.36. The summed E-state index contributed by atoms with van der Waals surface area (Å²) in [6.07, 6.45) is 36.9. The van der Waals surface area contributed by atoms with Crippen LogP contribution in [0.25, 0.3) is 0 Å². The smallest absolute Gasteiger partial charge is 0.462 e. The molecule has 0 aliphatic carbocycles. The number of hydrogen-bond donors (Lipinski definition) is 5. The number of urea groups is 1. The van der Waals surface area contributed by atoms with Crippen molar-refractivity contribution in [2.24, 2.45) is 0 Å². The molecule has 0 radical (unpaired) electrons. The Kier molecular flexibility index (Phi) is 39.1. The Morgan fingerprint density at radius 1 is 0.618 bits per heavy atom. The lowest BCUT2D eigenvalue weighted by Crippen LogP contribution is -2.36. The average Bonchev–Trinajstić information content (AvgIpc) is 3.88. The van der Waals surface area contributed by atoms with Crippen molar-refractivity contribution < 1.29 is 47.2 Å². The monoisotopic (exact) mass is 1000 g/mol. The van der Waals surface area contributed by atoms with Gasteiger partial charge < -0.3 is 35.6 Å². The number of phosphoric ester groups is 1. The number of nitrogens with one attached hydrogen (secondary N) is 4. The van der Waals surface area contributed by atoms with Gasteiger partial charge in [0.05, 0.1) is 25.3 Å². The van der Waals surface area contributed by atoms with Gasteiger partial charge in [-0.1, -0.05) is 181 Å². The van der Waals surface area contributed by atoms with Gasteiger partial charge in [-0.05, 0) is 51.6 Å². The van der Waals surface area contributed by atoms with E-state index in [4.69, 9.17) is 18.5 Å². The molecule has 16 heteroatoms. The molecule has 3 amide bonds. The van der Waals surface area contributed by atoms with E-state index in [2.05, 4.69) is 35.1 Å². The van der Waals surface area contributed by atoms with E-state index in [1.54, 1.807) is 0 Å². The number of rotatable bonds is 49. The number of amides is 3. The molecule has 0 bridgehead atoms. The lowest BCUT2D eigenvalue weighted by molar-refractivity contribution is -0.161. The first-order chi connectivity index (χ1) is 33.1. The SMILES string of the molecule is CCCCCCCCCCCCCCCC(=O)OCC(COP(=O)(O)OCCNC(=O)CCCCCNCCCCC1SC[C@@H]2NC(=O)N[C@H]12)OC(=O)CCCCCCCCCCCCCCC. The van der Waals surface area contributed by atoms with Gasteiger partial charge in [-0.2, -0.15) is 11.8 Å². The molecule has 5 atom stereocenters. The van der Waals surface area contributed by atoms with Crippen LogP contribution in [0.5, 0.6) is 0 Å². The number of phosphoric acid groups is 1. The van der Waals surface area contributed by atoms with Crippen LogP contribution < -0.4 is 21.3 Å². The maximum absolute atomic E-state index is 12.8. The number of carbonyl (C=O) groups excluding carboxylic acids is 4. The first-order valence-corrected chi connectivity index (χ1v) is 30.3.